The first-order valence-corrected chi connectivity index (χ1v) is 7.53. The summed E-state index contributed by atoms with van der Waals surface area (Å²) in [6, 6.07) is 6.35. The topological polar surface area (TPSA) is 88.0 Å². The molecule has 1 unspecified atom stereocenters. The Bertz CT molecular complexity index is 557. The summed E-state index contributed by atoms with van der Waals surface area (Å²) in [5.41, 5.74) is 1.00. The summed E-state index contributed by atoms with van der Waals surface area (Å²) >= 11 is 1.53. The Morgan fingerprint density at radius 3 is 2.76 bits per heavy atom. The highest BCUT2D eigenvalue weighted by atomic mass is 32.2. The Kier molecular flexibility index (Phi) is 5.21. The van der Waals surface area contributed by atoms with E-state index in [4.69, 9.17) is 9.84 Å². The number of nitrogens with zero attached hydrogens (tertiary/aromatic N) is 1. The third-order valence-corrected chi connectivity index (χ3v) is 3.84. The van der Waals surface area contributed by atoms with Crippen LogP contribution in [-0.4, -0.2) is 40.6 Å². The lowest BCUT2D eigenvalue weighted by Gasteiger charge is -2.05. The number of ether oxygens (including phenoxy) is 1. The van der Waals surface area contributed by atoms with Crippen molar-refractivity contribution in [2.24, 2.45) is 4.99 Å². The zero-order chi connectivity index (χ0) is 15.2. The molecule has 1 aromatic carbocycles. The number of carbonyl (C=O) groups excluding carboxylic acids is 1. The summed E-state index contributed by atoms with van der Waals surface area (Å²) in [5.74, 6) is -0.462. The molecule has 21 heavy (non-hydrogen) atoms. The quantitative estimate of drug-likeness (QED) is 0.811. The van der Waals surface area contributed by atoms with Crippen molar-refractivity contribution in [3.8, 4) is 0 Å². The van der Waals surface area contributed by atoms with E-state index in [0.29, 0.717) is 6.61 Å². The lowest BCUT2D eigenvalue weighted by Crippen LogP contribution is -2.14. The Balaban J connectivity index is 1.91. The number of carboxylic acid groups (broad SMARTS) is 1. The third kappa shape index (κ3) is 4.49. The molecule has 2 N–H and O–H groups in total. The number of amidine groups is 1. The number of carboxylic acids is 1. The van der Waals surface area contributed by atoms with Gasteiger partial charge in [-0.1, -0.05) is 11.8 Å². The van der Waals surface area contributed by atoms with E-state index in [2.05, 4.69) is 10.3 Å². The number of aromatic carboxylic acids is 1. The van der Waals surface area contributed by atoms with Gasteiger partial charge < -0.3 is 15.2 Å². The van der Waals surface area contributed by atoms with Gasteiger partial charge in [0.15, 0.2) is 5.17 Å². The molecule has 2 rings (SSSR count). The molecule has 7 heteroatoms. The summed E-state index contributed by atoms with van der Waals surface area (Å²) in [5, 5.41) is 12.7. The van der Waals surface area contributed by atoms with Gasteiger partial charge >= 0.3 is 11.9 Å². The van der Waals surface area contributed by atoms with E-state index in [1.165, 1.54) is 23.9 Å². The molecule has 0 saturated carbocycles. The second kappa shape index (κ2) is 7.12. The monoisotopic (exact) mass is 308 g/mol. The van der Waals surface area contributed by atoms with Gasteiger partial charge in [-0.3, -0.25) is 9.79 Å². The number of carbonyl (C=O) groups is 2. The fourth-order valence-electron chi connectivity index (χ4n) is 1.82. The van der Waals surface area contributed by atoms with Crippen LogP contribution in [0.1, 0.15) is 23.7 Å². The SMILES string of the molecule is CCOC(=O)CC1CSC(Nc2ccc(C(=O)O)cc2)=N1. The zero-order valence-electron chi connectivity index (χ0n) is 11.5. The maximum Gasteiger partial charge on any atom is 0.335 e. The number of aliphatic imine (C=N–C) groups is 1. The van der Waals surface area contributed by atoms with Gasteiger partial charge in [-0.2, -0.15) is 0 Å². The Hall–Kier alpha value is -2.02. The number of rotatable bonds is 5. The molecule has 0 amide bonds. The molecular weight excluding hydrogens is 292 g/mol. The van der Waals surface area contributed by atoms with Crippen molar-refractivity contribution in [2.75, 3.05) is 17.7 Å². The van der Waals surface area contributed by atoms with Crippen molar-refractivity contribution in [3.05, 3.63) is 29.8 Å². The molecule has 0 saturated heterocycles. The van der Waals surface area contributed by atoms with Crippen molar-refractivity contribution in [1.29, 1.82) is 0 Å². The lowest BCUT2D eigenvalue weighted by atomic mass is 10.2. The molecule has 6 nitrogen and oxygen atoms in total. The second-order valence-electron chi connectivity index (χ2n) is 4.42. The standard InChI is InChI=1S/C14H16N2O4S/c1-2-20-12(17)7-11-8-21-14(16-11)15-10-5-3-9(4-6-10)13(18)19/h3-6,11H,2,7-8H2,1H3,(H,15,16)(H,18,19). The molecule has 1 aliphatic heterocycles. The molecule has 1 atom stereocenters. The molecule has 0 aliphatic carbocycles. The fraction of sp³-hybridized carbons (Fsp3) is 0.357. The number of hydrogen-bond acceptors (Lipinski definition) is 6. The van der Waals surface area contributed by atoms with Crippen LogP contribution in [-0.2, 0) is 9.53 Å². The van der Waals surface area contributed by atoms with Gasteiger partial charge in [-0.25, -0.2) is 4.79 Å². The third-order valence-electron chi connectivity index (χ3n) is 2.80. The van der Waals surface area contributed by atoms with E-state index in [-0.39, 0.29) is 24.0 Å². The molecule has 0 spiro atoms. The summed E-state index contributed by atoms with van der Waals surface area (Å²) in [7, 11) is 0. The first-order chi connectivity index (χ1) is 10.1. The van der Waals surface area contributed by atoms with Crippen LogP contribution in [0.25, 0.3) is 0 Å². The molecule has 0 bridgehead atoms. The predicted octanol–water partition coefficient (Wildman–Crippen LogP) is 2.22. The molecule has 0 fully saturated rings. The van der Waals surface area contributed by atoms with E-state index in [9.17, 15) is 9.59 Å². The first-order valence-electron chi connectivity index (χ1n) is 6.55. The van der Waals surface area contributed by atoms with Crippen LogP contribution in [0.15, 0.2) is 29.3 Å². The highest BCUT2D eigenvalue weighted by Gasteiger charge is 2.21. The number of thioether (sulfide) groups is 1. The maximum absolute atomic E-state index is 11.4. The Labute approximate surface area is 126 Å². The van der Waals surface area contributed by atoms with E-state index in [0.717, 1.165) is 16.6 Å². The van der Waals surface area contributed by atoms with Gasteiger partial charge in [0.2, 0.25) is 0 Å². The van der Waals surface area contributed by atoms with Gasteiger partial charge in [0.1, 0.15) is 0 Å². The largest absolute Gasteiger partial charge is 0.478 e. The smallest absolute Gasteiger partial charge is 0.335 e. The van der Waals surface area contributed by atoms with Crippen molar-refractivity contribution in [3.63, 3.8) is 0 Å². The van der Waals surface area contributed by atoms with Gasteiger partial charge in [0, 0.05) is 11.4 Å². The van der Waals surface area contributed by atoms with Crippen LogP contribution in [0.2, 0.25) is 0 Å². The summed E-state index contributed by atoms with van der Waals surface area (Å²) in [6.45, 7) is 2.15. The molecular formula is C14H16N2O4S. The van der Waals surface area contributed by atoms with E-state index >= 15 is 0 Å². The van der Waals surface area contributed by atoms with E-state index < -0.39 is 5.97 Å². The summed E-state index contributed by atoms with van der Waals surface area (Å²) < 4.78 is 4.90. The Morgan fingerprint density at radius 1 is 1.43 bits per heavy atom. The minimum atomic E-state index is -0.955. The van der Waals surface area contributed by atoms with Crippen molar-refractivity contribution in [1.82, 2.24) is 0 Å². The summed E-state index contributed by atoms with van der Waals surface area (Å²) in [6.07, 6.45) is 0.282. The van der Waals surface area contributed by atoms with Crippen molar-refractivity contribution >= 4 is 34.6 Å². The molecule has 0 radical (unpaired) electrons. The molecule has 112 valence electrons. The van der Waals surface area contributed by atoms with E-state index in [1.807, 2.05) is 0 Å². The van der Waals surface area contributed by atoms with Gasteiger partial charge in [0.25, 0.3) is 0 Å². The number of anilines is 1. The number of hydrogen-bond donors (Lipinski definition) is 2. The van der Waals surface area contributed by atoms with Crippen molar-refractivity contribution in [2.45, 2.75) is 19.4 Å². The normalized spacial score (nSPS) is 17.2. The fourth-order valence-corrected chi connectivity index (χ4v) is 2.78. The molecule has 0 aromatic heterocycles. The average Bonchev–Trinajstić information content (AvgIpc) is 2.86. The van der Waals surface area contributed by atoms with Crippen LogP contribution >= 0.6 is 11.8 Å². The maximum atomic E-state index is 11.4. The first kappa shape index (κ1) is 15.4. The van der Waals surface area contributed by atoms with Crippen molar-refractivity contribution < 1.29 is 19.4 Å². The van der Waals surface area contributed by atoms with Crippen LogP contribution in [0.5, 0.6) is 0 Å². The summed E-state index contributed by atoms with van der Waals surface area (Å²) in [4.78, 5) is 26.6. The van der Waals surface area contributed by atoms with Gasteiger partial charge in [-0.05, 0) is 31.2 Å². The second-order valence-corrected chi connectivity index (χ2v) is 5.42. The zero-order valence-corrected chi connectivity index (χ0v) is 12.4. The molecule has 1 aromatic rings. The average molecular weight is 308 g/mol. The van der Waals surface area contributed by atoms with E-state index in [1.54, 1.807) is 19.1 Å². The number of nitrogens with one attached hydrogen (secondary N) is 1. The Morgan fingerprint density at radius 2 is 2.14 bits per heavy atom. The van der Waals surface area contributed by atoms with Crippen LogP contribution in [0, 0.1) is 0 Å². The number of esters is 1. The van der Waals surface area contributed by atoms with Crippen LogP contribution in [0.3, 0.4) is 0 Å². The minimum absolute atomic E-state index is 0.0742. The highest BCUT2D eigenvalue weighted by Crippen LogP contribution is 2.22. The van der Waals surface area contributed by atoms with Crippen LogP contribution < -0.4 is 5.32 Å². The lowest BCUT2D eigenvalue weighted by molar-refractivity contribution is -0.143. The number of benzene rings is 1. The molecule has 1 heterocycles. The highest BCUT2D eigenvalue weighted by molar-refractivity contribution is 8.14. The van der Waals surface area contributed by atoms with Gasteiger partial charge in [0.05, 0.1) is 24.6 Å². The predicted molar refractivity (Wildman–Crippen MR) is 82.0 cm³/mol. The molecule has 1 aliphatic rings. The van der Waals surface area contributed by atoms with Crippen LogP contribution in [0.4, 0.5) is 5.69 Å². The van der Waals surface area contributed by atoms with Gasteiger partial charge in [-0.15, -0.1) is 0 Å². The minimum Gasteiger partial charge on any atom is -0.478 e.